The average molecular weight is 367 g/mol. The minimum Gasteiger partial charge on any atom is -0.504 e. The number of hydrogen-bond donors (Lipinski definition) is 2. The van der Waals surface area contributed by atoms with Crippen molar-refractivity contribution in [2.75, 3.05) is 0 Å². The van der Waals surface area contributed by atoms with Crippen molar-refractivity contribution in [1.29, 1.82) is 0 Å². The molecular formula is C19H15ClN4O2. The van der Waals surface area contributed by atoms with E-state index in [9.17, 15) is 5.11 Å². The largest absolute Gasteiger partial charge is 0.504 e. The van der Waals surface area contributed by atoms with E-state index in [0.717, 1.165) is 22.2 Å². The monoisotopic (exact) mass is 366 g/mol. The minimum atomic E-state index is 0.0883. The van der Waals surface area contributed by atoms with Crippen LogP contribution in [0.25, 0.3) is 22.2 Å². The van der Waals surface area contributed by atoms with Gasteiger partial charge in [-0.1, -0.05) is 23.7 Å². The number of nitrogens with zero attached hydrogens (tertiary/aromatic N) is 3. The van der Waals surface area contributed by atoms with Crippen LogP contribution >= 0.6 is 11.6 Å². The van der Waals surface area contributed by atoms with Gasteiger partial charge in [0.1, 0.15) is 23.6 Å². The Kier molecular flexibility index (Phi) is 4.18. The van der Waals surface area contributed by atoms with Crippen molar-refractivity contribution in [3.05, 3.63) is 65.2 Å². The quantitative estimate of drug-likeness (QED) is 0.563. The highest BCUT2D eigenvalue weighted by atomic mass is 35.5. The number of ether oxygens (including phenoxy) is 1. The molecular weight excluding hydrogens is 352 g/mol. The van der Waals surface area contributed by atoms with Crippen LogP contribution in [0.4, 0.5) is 0 Å². The summed E-state index contributed by atoms with van der Waals surface area (Å²) in [6.45, 7) is 2.18. The number of hydrogen-bond acceptors (Lipinski definition) is 5. The van der Waals surface area contributed by atoms with Crippen molar-refractivity contribution in [1.82, 2.24) is 20.2 Å². The number of benzene rings is 1. The smallest absolute Gasteiger partial charge is 0.161 e. The normalized spacial score (nSPS) is 11.0. The SMILES string of the molecule is Cc1cc(-c2[nH]ncc2O)c2cccc(OCc3cnccc3Cl)c2n1. The fraction of sp³-hybridized carbons (Fsp3) is 0.105. The Morgan fingerprint density at radius 1 is 1.23 bits per heavy atom. The van der Waals surface area contributed by atoms with Gasteiger partial charge < -0.3 is 9.84 Å². The molecule has 7 heteroatoms. The van der Waals surface area contributed by atoms with Crippen LogP contribution in [-0.4, -0.2) is 25.3 Å². The summed E-state index contributed by atoms with van der Waals surface area (Å²) in [5.74, 6) is 0.719. The van der Waals surface area contributed by atoms with Crippen LogP contribution in [-0.2, 0) is 6.61 Å². The summed E-state index contributed by atoms with van der Waals surface area (Å²) in [7, 11) is 0. The van der Waals surface area contributed by atoms with E-state index in [1.54, 1.807) is 18.5 Å². The number of rotatable bonds is 4. The van der Waals surface area contributed by atoms with Crippen LogP contribution in [0, 0.1) is 6.92 Å². The number of aromatic nitrogens is 4. The lowest BCUT2D eigenvalue weighted by Crippen LogP contribution is -1.99. The van der Waals surface area contributed by atoms with Crippen LogP contribution in [0.2, 0.25) is 5.02 Å². The van der Waals surface area contributed by atoms with E-state index < -0.39 is 0 Å². The molecule has 0 aliphatic rings. The number of halogens is 1. The Morgan fingerprint density at radius 3 is 2.88 bits per heavy atom. The summed E-state index contributed by atoms with van der Waals surface area (Å²) in [5, 5.41) is 18.2. The fourth-order valence-electron chi connectivity index (χ4n) is 2.82. The van der Waals surface area contributed by atoms with E-state index in [1.807, 2.05) is 31.2 Å². The van der Waals surface area contributed by atoms with E-state index in [2.05, 4.69) is 20.2 Å². The molecule has 3 aromatic heterocycles. The first-order valence-electron chi connectivity index (χ1n) is 7.98. The van der Waals surface area contributed by atoms with Gasteiger partial charge in [-0.2, -0.15) is 5.10 Å². The third kappa shape index (κ3) is 2.95. The van der Waals surface area contributed by atoms with Gasteiger partial charge in [-0.3, -0.25) is 10.1 Å². The van der Waals surface area contributed by atoms with Crippen LogP contribution in [0.5, 0.6) is 11.5 Å². The van der Waals surface area contributed by atoms with Gasteiger partial charge >= 0.3 is 0 Å². The predicted octanol–water partition coefficient (Wildman–Crippen LogP) is 4.27. The van der Waals surface area contributed by atoms with Gasteiger partial charge in [0, 0.05) is 34.6 Å². The highest BCUT2D eigenvalue weighted by molar-refractivity contribution is 6.31. The Morgan fingerprint density at radius 2 is 2.12 bits per heavy atom. The van der Waals surface area contributed by atoms with E-state index in [1.165, 1.54) is 6.20 Å². The molecule has 4 aromatic rings. The molecule has 0 saturated heterocycles. The lowest BCUT2D eigenvalue weighted by Gasteiger charge is -2.12. The summed E-state index contributed by atoms with van der Waals surface area (Å²) >= 11 is 6.17. The number of aromatic amines is 1. The zero-order valence-electron chi connectivity index (χ0n) is 13.9. The molecule has 6 nitrogen and oxygen atoms in total. The van der Waals surface area contributed by atoms with Crippen LogP contribution in [0.1, 0.15) is 11.3 Å². The second-order valence-electron chi connectivity index (χ2n) is 5.85. The van der Waals surface area contributed by atoms with Gasteiger partial charge in [0.2, 0.25) is 0 Å². The first-order chi connectivity index (χ1) is 12.6. The van der Waals surface area contributed by atoms with Gasteiger partial charge in [0.25, 0.3) is 0 Å². The number of fused-ring (bicyclic) bond motifs is 1. The van der Waals surface area contributed by atoms with E-state index >= 15 is 0 Å². The molecule has 0 fully saturated rings. The maximum Gasteiger partial charge on any atom is 0.161 e. The standard InChI is InChI=1S/C19H15ClN4O2/c1-11-7-14(18-16(25)9-22-24-18)13-3-2-4-17(19(13)23-11)26-10-12-8-21-6-5-15(12)20/h2-9,25H,10H2,1H3,(H,22,24). The van der Waals surface area contributed by atoms with Crippen molar-refractivity contribution >= 4 is 22.5 Å². The Labute approximate surface area is 154 Å². The molecule has 0 unspecified atom stereocenters. The number of aryl methyl sites for hydroxylation is 1. The number of H-pyrrole nitrogens is 1. The zero-order chi connectivity index (χ0) is 18.1. The van der Waals surface area contributed by atoms with E-state index in [0.29, 0.717) is 22.0 Å². The lowest BCUT2D eigenvalue weighted by atomic mass is 10.0. The molecule has 26 heavy (non-hydrogen) atoms. The molecule has 0 bridgehead atoms. The van der Waals surface area contributed by atoms with Crippen molar-refractivity contribution in [3.8, 4) is 22.8 Å². The highest BCUT2D eigenvalue weighted by Gasteiger charge is 2.15. The molecule has 0 amide bonds. The molecule has 0 atom stereocenters. The topological polar surface area (TPSA) is 83.9 Å². The van der Waals surface area contributed by atoms with Crippen LogP contribution < -0.4 is 4.74 Å². The molecule has 2 N–H and O–H groups in total. The maximum absolute atomic E-state index is 10.0. The number of aromatic hydroxyl groups is 1. The Bertz CT molecular complexity index is 1090. The number of nitrogens with one attached hydrogen (secondary N) is 1. The Balaban J connectivity index is 1.78. The molecule has 0 aliphatic heterocycles. The minimum absolute atomic E-state index is 0.0883. The van der Waals surface area contributed by atoms with E-state index in [-0.39, 0.29) is 12.4 Å². The van der Waals surface area contributed by atoms with Gasteiger partial charge in [-0.05, 0) is 25.1 Å². The molecule has 0 spiro atoms. The second kappa shape index (κ2) is 6.65. The van der Waals surface area contributed by atoms with Crippen LogP contribution in [0.3, 0.4) is 0 Å². The second-order valence-corrected chi connectivity index (χ2v) is 6.26. The first kappa shape index (κ1) is 16.4. The van der Waals surface area contributed by atoms with Gasteiger partial charge in [0.05, 0.1) is 11.2 Å². The Hall–Kier alpha value is -3.12. The van der Waals surface area contributed by atoms with E-state index in [4.69, 9.17) is 16.3 Å². The van der Waals surface area contributed by atoms with Gasteiger partial charge in [-0.15, -0.1) is 0 Å². The molecule has 0 radical (unpaired) electrons. The summed E-state index contributed by atoms with van der Waals surface area (Å²) in [6.07, 6.45) is 4.69. The van der Waals surface area contributed by atoms with Crippen molar-refractivity contribution < 1.29 is 9.84 Å². The van der Waals surface area contributed by atoms with Gasteiger partial charge in [-0.25, -0.2) is 4.98 Å². The third-order valence-corrected chi connectivity index (χ3v) is 4.42. The molecule has 3 heterocycles. The lowest BCUT2D eigenvalue weighted by molar-refractivity contribution is 0.309. The predicted molar refractivity (Wildman–Crippen MR) is 99.3 cm³/mol. The van der Waals surface area contributed by atoms with Crippen molar-refractivity contribution in [2.24, 2.45) is 0 Å². The van der Waals surface area contributed by atoms with Crippen molar-refractivity contribution in [3.63, 3.8) is 0 Å². The maximum atomic E-state index is 10.0. The summed E-state index contributed by atoms with van der Waals surface area (Å²) in [6, 6.07) is 9.30. The van der Waals surface area contributed by atoms with Crippen LogP contribution in [0.15, 0.2) is 48.9 Å². The molecule has 4 rings (SSSR count). The number of pyridine rings is 2. The molecule has 1 aromatic carbocycles. The highest BCUT2D eigenvalue weighted by Crippen LogP contribution is 2.36. The molecule has 0 aliphatic carbocycles. The fourth-order valence-corrected chi connectivity index (χ4v) is 2.98. The van der Waals surface area contributed by atoms with Crippen molar-refractivity contribution in [2.45, 2.75) is 13.5 Å². The third-order valence-electron chi connectivity index (χ3n) is 4.05. The van der Waals surface area contributed by atoms with Gasteiger partial charge in [0.15, 0.2) is 5.75 Å². The number of para-hydroxylation sites is 1. The summed E-state index contributed by atoms with van der Waals surface area (Å²) in [4.78, 5) is 8.69. The zero-order valence-corrected chi connectivity index (χ0v) is 14.7. The molecule has 130 valence electrons. The average Bonchev–Trinajstić information content (AvgIpc) is 3.06. The first-order valence-corrected chi connectivity index (χ1v) is 8.35. The summed E-state index contributed by atoms with van der Waals surface area (Å²) in [5.41, 5.74) is 3.67. The summed E-state index contributed by atoms with van der Waals surface area (Å²) < 4.78 is 5.97. The molecule has 0 saturated carbocycles.